The molecule has 268 valence electrons. The normalized spacial score (nSPS) is 14.3. The second-order valence-electron chi connectivity index (χ2n) is 14.8. The molecule has 0 aromatic heterocycles. The van der Waals surface area contributed by atoms with Gasteiger partial charge in [0.15, 0.2) is 0 Å². The van der Waals surface area contributed by atoms with Crippen LogP contribution in [0.4, 0.5) is 0 Å². The topological polar surface area (TPSA) is 80.3 Å². The second-order valence-corrected chi connectivity index (χ2v) is 14.8. The van der Waals surface area contributed by atoms with Crippen LogP contribution in [0.2, 0.25) is 0 Å². The van der Waals surface area contributed by atoms with E-state index < -0.39 is 17.4 Å². The van der Waals surface area contributed by atoms with Crippen molar-refractivity contribution < 1.29 is 19.8 Å². The van der Waals surface area contributed by atoms with Crippen LogP contribution in [-0.4, -0.2) is 11.9 Å². The molecule has 4 heteroatoms. The zero-order valence-corrected chi connectivity index (χ0v) is 30.9. The minimum absolute atomic E-state index is 0.0990. The number of carbonyl (C=O) groups is 2. The standard InChI is InChI=1S/C41H80O4/c1-5-9-13-17-19-25-31-37(29-23-15-11-7-3)35-41(40(44)45,34-28-22-21-27-33-39(42)43)36-38(30-24-16-12-8-4)32-26-20-18-14-10-6-2/h37-38H,5-36H2,1-4H3,(H,42,43)(H,44,45)/p-2. The first-order valence-electron chi connectivity index (χ1n) is 20.3. The van der Waals surface area contributed by atoms with E-state index in [9.17, 15) is 19.8 Å². The lowest BCUT2D eigenvalue weighted by Gasteiger charge is -2.41. The molecule has 0 spiro atoms. The monoisotopic (exact) mass is 635 g/mol. The number of hydrogen-bond acceptors (Lipinski definition) is 4. The van der Waals surface area contributed by atoms with Gasteiger partial charge in [-0.2, -0.15) is 0 Å². The molecule has 0 saturated carbocycles. The van der Waals surface area contributed by atoms with E-state index in [2.05, 4.69) is 27.7 Å². The van der Waals surface area contributed by atoms with E-state index in [0.717, 1.165) is 57.8 Å². The largest absolute Gasteiger partial charge is 0.550 e. The van der Waals surface area contributed by atoms with Crippen molar-refractivity contribution in [2.75, 3.05) is 0 Å². The third-order valence-electron chi connectivity index (χ3n) is 10.4. The Morgan fingerprint density at radius 3 is 1.11 bits per heavy atom. The van der Waals surface area contributed by atoms with Crippen molar-refractivity contribution in [1.82, 2.24) is 0 Å². The van der Waals surface area contributed by atoms with Crippen LogP contribution in [0.25, 0.3) is 0 Å². The third-order valence-corrected chi connectivity index (χ3v) is 10.4. The molecule has 0 aromatic carbocycles. The molecule has 0 aromatic rings. The molecule has 0 fully saturated rings. The summed E-state index contributed by atoms with van der Waals surface area (Å²) < 4.78 is 0. The van der Waals surface area contributed by atoms with Gasteiger partial charge in [-0.05, 0) is 43.9 Å². The Morgan fingerprint density at radius 1 is 0.444 bits per heavy atom. The third kappa shape index (κ3) is 25.7. The van der Waals surface area contributed by atoms with E-state index in [1.807, 2.05) is 0 Å². The Hall–Kier alpha value is -1.06. The molecule has 0 heterocycles. The van der Waals surface area contributed by atoms with Gasteiger partial charge in [0.1, 0.15) is 0 Å². The molecule has 2 unspecified atom stereocenters. The molecule has 0 rings (SSSR count). The summed E-state index contributed by atoms with van der Waals surface area (Å²) in [5, 5.41) is 24.3. The van der Waals surface area contributed by atoms with Gasteiger partial charge in [0.25, 0.3) is 0 Å². The summed E-state index contributed by atoms with van der Waals surface area (Å²) in [6, 6.07) is 0. The summed E-state index contributed by atoms with van der Waals surface area (Å²) in [5.74, 6) is -0.877. The predicted molar refractivity (Wildman–Crippen MR) is 190 cm³/mol. The molecule has 0 radical (unpaired) electrons. The lowest BCUT2D eigenvalue weighted by Crippen LogP contribution is -2.45. The van der Waals surface area contributed by atoms with Crippen LogP contribution in [-0.2, 0) is 9.59 Å². The number of hydrogen-bond donors (Lipinski definition) is 0. The van der Waals surface area contributed by atoms with E-state index in [0.29, 0.717) is 24.7 Å². The number of unbranched alkanes of at least 4 members (excludes halogenated alkanes) is 19. The lowest BCUT2D eigenvalue weighted by molar-refractivity contribution is -0.322. The first-order chi connectivity index (χ1) is 21.8. The van der Waals surface area contributed by atoms with Gasteiger partial charge in [-0.25, -0.2) is 0 Å². The fourth-order valence-corrected chi connectivity index (χ4v) is 7.59. The van der Waals surface area contributed by atoms with E-state index in [-0.39, 0.29) is 6.42 Å². The van der Waals surface area contributed by atoms with E-state index in [1.54, 1.807) is 0 Å². The summed E-state index contributed by atoms with van der Waals surface area (Å²) in [5.41, 5.74) is -0.760. The first kappa shape index (κ1) is 43.9. The zero-order valence-electron chi connectivity index (χ0n) is 30.9. The molecule has 0 amide bonds. The van der Waals surface area contributed by atoms with Crippen molar-refractivity contribution in [3.63, 3.8) is 0 Å². The van der Waals surface area contributed by atoms with Gasteiger partial charge in [0, 0.05) is 17.4 Å². The van der Waals surface area contributed by atoms with Crippen molar-refractivity contribution in [3.05, 3.63) is 0 Å². The Kier molecular flexibility index (Phi) is 30.8. The number of carbonyl (C=O) groups excluding carboxylic acids is 2. The fourth-order valence-electron chi connectivity index (χ4n) is 7.59. The van der Waals surface area contributed by atoms with Crippen LogP contribution in [0.5, 0.6) is 0 Å². The van der Waals surface area contributed by atoms with Crippen LogP contribution in [0.1, 0.15) is 233 Å². The summed E-state index contributed by atoms with van der Waals surface area (Å²) >= 11 is 0. The quantitative estimate of drug-likeness (QED) is 0.0642. The van der Waals surface area contributed by atoms with Crippen molar-refractivity contribution >= 4 is 11.9 Å². The van der Waals surface area contributed by atoms with Gasteiger partial charge in [0.2, 0.25) is 0 Å². The minimum Gasteiger partial charge on any atom is -0.550 e. The molecule has 0 bridgehead atoms. The van der Waals surface area contributed by atoms with Crippen molar-refractivity contribution in [2.24, 2.45) is 17.3 Å². The number of aliphatic carboxylic acids is 2. The van der Waals surface area contributed by atoms with Crippen LogP contribution in [0.15, 0.2) is 0 Å². The van der Waals surface area contributed by atoms with Gasteiger partial charge in [-0.1, -0.05) is 201 Å². The Morgan fingerprint density at radius 2 is 0.756 bits per heavy atom. The molecule has 4 nitrogen and oxygen atoms in total. The fraction of sp³-hybridized carbons (Fsp3) is 0.951. The molecular formula is C41H78O4-2. The average Bonchev–Trinajstić information content (AvgIpc) is 3.01. The van der Waals surface area contributed by atoms with Gasteiger partial charge in [-0.3, -0.25) is 0 Å². The van der Waals surface area contributed by atoms with E-state index in [1.165, 1.54) is 128 Å². The highest BCUT2D eigenvalue weighted by molar-refractivity contribution is 5.72. The van der Waals surface area contributed by atoms with Crippen molar-refractivity contribution in [2.45, 2.75) is 233 Å². The summed E-state index contributed by atoms with van der Waals surface area (Å²) in [6.45, 7) is 9.04. The second kappa shape index (κ2) is 31.5. The molecule has 0 saturated heterocycles. The Labute approximate surface area is 281 Å². The lowest BCUT2D eigenvalue weighted by atomic mass is 9.67. The molecule has 0 aliphatic heterocycles. The summed E-state index contributed by atoms with van der Waals surface area (Å²) in [4.78, 5) is 24.3. The van der Waals surface area contributed by atoms with Gasteiger partial charge >= 0.3 is 0 Å². The highest BCUT2D eigenvalue weighted by Crippen LogP contribution is 2.43. The summed E-state index contributed by atoms with van der Waals surface area (Å²) in [6.07, 6.45) is 35.3. The molecular weight excluding hydrogens is 556 g/mol. The van der Waals surface area contributed by atoms with Crippen LogP contribution >= 0.6 is 0 Å². The molecule has 2 atom stereocenters. The molecule has 0 aliphatic carbocycles. The SMILES string of the molecule is CCCCCCCCC(CCCCCC)CC(CCCCCCC(=O)[O-])(CC(CCCCCC)CCCCCCCC)C(=O)[O-]. The number of carboxylic acids is 2. The summed E-state index contributed by atoms with van der Waals surface area (Å²) in [7, 11) is 0. The highest BCUT2D eigenvalue weighted by atomic mass is 16.4. The van der Waals surface area contributed by atoms with Crippen LogP contribution in [0.3, 0.4) is 0 Å². The molecule has 0 N–H and O–H groups in total. The Bertz CT molecular complexity index is 626. The van der Waals surface area contributed by atoms with E-state index in [4.69, 9.17) is 0 Å². The molecule has 45 heavy (non-hydrogen) atoms. The zero-order chi connectivity index (χ0) is 33.4. The number of carboxylic acid groups (broad SMARTS) is 2. The maximum atomic E-state index is 13.4. The average molecular weight is 635 g/mol. The van der Waals surface area contributed by atoms with Crippen LogP contribution in [0, 0.1) is 17.3 Å². The van der Waals surface area contributed by atoms with Crippen LogP contribution < -0.4 is 10.2 Å². The number of rotatable bonds is 36. The predicted octanol–water partition coefficient (Wildman–Crippen LogP) is 11.3. The highest BCUT2D eigenvalue weighted by Gasteiger charge is 2.36. The first-order valence-corrected chi connectivity index (χ1v) is 20.3. The molecule has 0 aliphatic rings. The van der Waals surface area contributed by atoms with Gasteiger partial charge in [0.05, 0.1) is 0 Å². The van der Waals surface area contributed by atoms with Crippen molar-refractivity contribution in [1.29, 1.82) is 0 Å². The smallest absolute Gasteiger partial charge is 0.0476 e. The van der Waals surface area contributed by atoms with Crippen molar-refractivity contribution in [3.8, 4) is 0 Å². The minimum atomic E-state index is -0.986. The maximum Gasteiger partial charge on any atom is 0.0476 e. The Balaban J connectivity index is 5.83. The van der Waals surface area contributed by atoms with Gasteiger partial charge in [-0.15, -0.1) is 0 Å². The van der Waals surface area contributed by atoms with Gasteiger partial charge < -0.3 is 19.8 Å². The van der Waals surface area contributed by atoms with E-state index >= 15 is 0 Å². The maximum absolute atomic E-state index is 13.4.